The number of hydrogen-bond donors (Lipinski definition) is 3. The topological polar surface area (TPSA) is 79.2 Å². The van der Waals surface area contributed by atoms with Crippen LogP contribution < -0.4 is 0 Å². The van der Waals surface area contributed by atoms with E-state index in [1.54, 1.807) is 0 Å². The van der Waals surface area contributed by atoms with Crippen molar-refractivity contribution in [1.29, 1.82) is 0 Å². The lowest BCUT2D eigenvalue weighted by atomic mass is 9.43. The van der Waals surface area contributed by atoms with Crippen LogP contribution in [0, 0.1) is 52.3 Å². The zero-order chi connectivity index (χ0) is 22.6. The molecule has 2 aliphatic heterocycles. The Bertz CT molecular complexity index is 748. The van der Waals surface area contributed by atoms with E-state index in [0.717, 1.165) is 25.9 Å². The molecule has 4 aliphatic carbocycles. The number of aliphatic hydroxyl groups is 3. The van der Waals surface area contributed by atoms with Gasteiger partial charge in [-0.25, -0.2) is 0 Å². The highest BCUT2D eigenvalue weighted by molar-refractivity contribution is 5.16. The molecule has 0 bridgehead atoms. The zero-order valence-corrected chi connectivity index (χ0v) is 20.4. The highest BCUT2D eigenvalue weighted by atomic mass is 16.7. The monoisotopic (exact) mass is 448 g/mol. The predicted octanol–water partition coefficient (Wildman–Crippen LogP) is 3.74. The molecule has 182 valence electrons. The molecule has 3 N–H and O–H groups in total. The third kappa shape index (κ3) is 2.81. The molecule has 1 spiro atoms. The summed E-state index contributed by atoms with van der Waals surface area (Å²) in [6.45, 7) is 10.3. The first kappa shape index (κ1) is 22.3. The van der Waals surface area contributed by atoms with Crippen molar-refractivity contribution in [3.05, 3.63) is 0 Å². The van der Waals surface area contributed by atoms with Crippen LogP contribution in [0.2, 0.25) is 0 Å². The largest absolute Gasteiger partial charge is 0.393 e. The van der Waals surface area contributed by atoms with Gasteiger partial charge in [0.2, 0.25) is 0 Å². The van der Waals surface area contributed by atoms with Crippen LogP contribution in [0.3, 0.4) is 0 Å². The predicted molar refractivity (Wildman–Crippen MR) is 121 cm³/mol. The zero-order valence-electron chi connectivity index (χ0n) is 20.4. The van der Waals surface area contributed by atoms with Gasteiger partial charge < -0.3 is 24.8 Å². The summed E-state index contributed by atoms with van der Waals surface area (Å²) >= 11 is 0. The Kier molecular flexibility index (Phi) is 4.99. The van der Waals surface area contributed by atoms with Gasteiger partial charge in [-0.1, -0.05) is 27.7 Å². The Morgan fingerprint density at radius 3 is 2.28 bits per heavy atom. The van der Waals surface area contributed by atoms with Gasteiger partial charge in [-0.2, -0.15) is 0 Å². The van der Waals surface area contributed by atoms with E-state index in [1.807, 2.05) is 0 Å². The molecule has 5 heteroatoms. The summed E-state index contributed by atoms with van der Waals surface area (Å²) in [4.78, 5) is 0. The molecule has 5 nitrogen and oxygen atoms in total. The molecule has 0 aromatic carbocycles. The van der Waals surface area contributed by atoms with Crippen LogP contribution in [0.15, 0.2) is 0 Å². The van der Waals surface area contributed by atoms with Crippen molar-refractivity contribution in [2.45, 2.75) is 109 Å². The van der Waals surface area contributed by atoms with Gasteiger partial charge in [0.25, 0.3) is 0 Å². The maximum Gasteiger partial charge on any atom is 0.171 e. The minimum Gasteiger partial charge on any atom is -0.393 e. The molecule has 2 heterocycles. The van der Waals surface area contributed by atoms with E-state index in [9.17, 15) is 15.3 Å². The fraction of sp³-hybridized carbons (Fsp3) is 1.00. The molecular weight excluding hydrogens is 404 g/mol. The van der Waals surface area contributed by atoms with Crippen LogP contribution in [-0.4, -0.2) is 52.1 Å². The van der Waals surface area contributed by atoms with Crippen LogP contribution in [0.5, 0.6) is 0 Å². The van der Waals surface area contributed by atoms with E-state index in [2.05, 4.69) is 27.7 Å². The average Bonchev–Trinajstić information content (AvgIpc) is 3.18. The normalized spacial score (nSPS) is 64.0. The maximum absolute atomic E-state index is 11.3. The number of ether oxygens (including phenoxy) is 2. The van der Waals surface area contributed by atoms with Gasteiger partial charge >= 0.3 is 0 Å². The molecule has 4 saturated carbocycles. The molecule has 0 amide bonds. The highest BCUT2D eigenvalue weighted by Crippen LogP contribution is 2.71. The number of rotatable bonds is 0. The summed E-state index contributed by atoms with van der Waals surface area (Å²) in [5.74, 6) is 2.86. The van der Waals surface area contributed by atoms with Crippen molar-refractivity contribution < 1.29 is 24.8 Å². The molecule has 2 saturated heterocycles. The number of hydrogen-bond acceptors (Lipinski definition) is 5. The molecule has 0 aromatic rings. The van der Waals surface area contributed by atoms with E-state index in [-0.39, 0.29) is 34.7 Å². The first-order valence-electron chi connectivity index (χ1n) is 13.4. The van der Waals surface area contributed by atoms with Gasteiger partial charge in [0, 0.05) is 12.3 Å². The van der Waals surface area contributed by atoms with Crippen molar-refractivity contribution in [1.82, 2.24) is 0 Å². The fourth-order valence-electron chi connectivity index (χ4n) is 10.3. The van der Waals surface area contributed by atoms with Crippen molar-refractivity contribution in [3.8, 4) is 0 Å². The number of aliphatic hydroxyl groups excluding tert-OH is 3. The van der Waals surface area contributed by atoms with Crippen molar-refractivity contribution in [2.24, 2.45) is 52.3 Å². The third-order valence-corrected chi connectivity index (χ3v) is 12.0. The minimum absolute atomic E-state index is 0.0870. The lowest BCUT2D eigenvalue weighted by molar-refractivity contribution is -0.273. The van der Waals surface area contributed by atoms with E-state index in [0.29, 0.717) is 48.3 Å². The first-order chi connectivity index (χ1) is 15.1. The Morgan fingerprint density at radius 1 is 0.781 bits per heavy atom. The molecule has 32 heavy (non-hydrogen) atoms. The molecule has 6 aliphatic rings. The summed E-state index contributed by atoms with van der Waals surface area (Å²) in [5.41, 5.74) is 0.146. The summed E-state index contributed by atoms with van der Waals surface area (Å²) in [6, 6.07) is 0. The molecule has 6 fully saturated rings. The maximum atomic E-state index is 11.3. The second kappa shape index (κ2) is 7.16. The summed E-state index contributed by atoms with van der Waals surface area (Å²) in [7, 11) is 0. The van der Waals surface area contributed by atoms with Gasteiger partial charge in [0.15, 0.2) is 5.79 Å². The summed E-state index contributed by atoms with van der Waals surface area (Å²) in [6.07, 6.45) is 6.22. The third-order valence-electron chi connectivity index (χ3n) is 12.0. The van der Waals surface area contributed by atoms with E-state index in [1.165, 1.54) is 19.3 Å². The lowest BCUT2D eigenvalue weighted by Crippen LogP contribution is -2.61. The molecule has 6 rings (SSSR count). The molecule has 6 unspecified atom stereocenters. The Labute approximate surface area is 193 Å². The average molecular weight is 449 g/mol. The molecule has 14 atom stereocenters. The van der Waals surface area contributed by atoms with Crippen molar-refractivity contribution >= 4 is 0 Å². The quantitative estimate of drug-likeness (QED) is 0.526. The fourth-order valence-corrected chi connectivity index (χ4v) is 10.3. The van der Waals surface area contributed by atoms with Crippen molar-refractivity contribution in [3.63, 3.8) is 0 Å². The van der Waals surface area contributed by atoms with Crippen molar-refractivity contribution in [2.75, 3.05) is 6.61 Å². The van der Waals surface area contributed by atoms with E-state index in [4.69, 9.17) is 9.47 Å². The second-order valence-electron chi connectivity index (χ2n) is 13.4. The Hall–Kier alpha value is -0.200. The Morgan fingerprint density at radius 2 is 1.56 bits per heavy atom. The SMILES string of the molecule is CC1C2C(CC3C4C[C@@H](O)[C@H]5C[C@@H](O)[C@@H](O)C[C@]5(C)C4CC[C@@]32C)O[C@]12CC[C@@H](C)CO2. The van der Waals surface area contributed by atoms with Gasteiger partial charge in [0.05, 0.1) is 31.0 Å². The molecular formula is C27H44O5. The highest BCUT2D eigenvalue weighted by Gasteiger charge is 2.70. The van der Waals surface area contributed by atoms with Gasteiger partial charge in [-0.15, -0.1) is 0 Å². The van der Waals surface area contributed by atoms with Crippen LogP contribution in [0.4, 0.5) is 0 Å². The van der Waals surface area contributed by atoms with Gasteiger partial charge in [-0.3, -0.25) is 0 Å². The van der Waals surface area contributed by atoms with Crippen LogP contribution in [0.1, 0.15) is 79.1 Å². The number of fused-ring (bicyclic) bond motifs is 7. The second-order valence-corrected chi connectivity index (χ2v) is 13.4. The summed E-state index contributed by atoms with van der Waals surface area (Å²) < 4.78 is 13.3. The van der Waals surface area contributed by atoms with Crippen LogP contribution in [-0.2, 0) is 9.47 Å². The van der Waals surface area contributed by atoms with Gasteiger partial charge in [0.1, 0.15) is 0 Å². The molecule has 0 aromatic heterocycles. The van der Waals surface area contributed by atoms with E-state index < -0.39 is 12.2 Å². The first-order valence-corrected chi connectivity index (χ1v) is 13.4. The standard InChI is InChI=1S/C27H44O5/c1-14-5-8-27(31-13-14)15(2)24-23(32-27)11-18-16-9-20(28)19-10-21(29)22(30)12-26(19,4)17(16)6-7-25(18,24)3/h14-24,28-30H,5-13H2,1-4H3/t14-,15?,16?,17?,18?,19-,20-,21-,22+,23?,24?,25+,26-,27-/m1/s1. The lowest BCUT2D eigenvalue weighted by Gasteiger charge is -2.62. The summed E-state index contributed by atoms with van der Waals surface area (Å²) in [5, 5.41) is 32.1. The van der Waals surface area contributed by atoms with E-state index >= 15 is 0 Å². The minimum atomic E-state index is -0.692. The van der Waals surface area contributed by atoms with Crippen LogP contribution in [0.25, 0.3) is 0 Å². The Balaban J connectivity index is 1.28. The van der Waals surface area contributed by atoms with Crippen LogP contribution >= 0.6 is 0 Å². The smallest absolute Gasteiger partial charge is 0.171 e. The molecule has 0 radical (unpaired) electrons. The van der Waals surface area contributed by atoms with Gasteiger partial charge in [-0.05, 0) is 91.3 Å².